The van der Waals surface area contributed by atoms with Crippen molar-refractivity contribution in [2.45, 2.75) is 31.2 Å². The standard InChI is InChI=1S/C14H16F4N2O2S/c1-13(2,23(22)20-6-3-7-20)12(21)19-11-5-4-9(8-10(11)15)14(16,17)18/h4-5,8H,3,6-7H2,1-2H3,(H,19,21). The quantitative estimate of drug-likeness (QED) is 0.847. The van der Waals surface area contributed by atoms with Crippen molar-refractivity contribution in [2.75, 3.05) is 18.4 Å². The van der Waals surface area contributed by atoms with Crippen LogP contribution in [0, 0.1) is 5.82 Å². The van der Waals surface area contributed by atoms with E-state index >= 15 is 0 Å². The predicted molar refractivity (Wildman–Crippen MR) is 78.4 cm³/mol. The molecule has 0 aliphatic carbocycles. The number of halogens is 4. The summed E-state index contributed by atoms with van der Waals surface area (Å²) in [5, 5.41) is 2.21. The minimum atomic E-state index is -4.67. The van der Waals surface area contributed by atoms with E-state index in [4.69, 9.17) is 0 Å². The van der Waals surface area contributed by atoms with Crippen molar-refractivity contribution in [3.8, 4) is 0 Å². The number of amides is 1. The molecule has 1 saturated heterocycles. The second kappa shape index (κ2) is 6.20. The molecule has 0 saturated carbocycles. The Kier molecular flexibility index (Phi) is 4.81. The second-order valence-electron chi connectivity index (χ2n) is 5.69. The van der Waals surface area contributed by atoms with Gasteiger partial charge in [0.25, 0.3) is 0 Å². The highest BCUT2D eigenvalue weighted by Gasteiger charge is 2.40. The number of nitrogens with zero attached hydrogens (tertiary/aromatic N) is 1. The van der Waals surface area contributed by atoms with Crippen molar-refractivity contribution >= 4 is 22.6 Å². The minimum Gasteiger partial charge on any atom is -0.322 e. The van der Waals surface area contributed by atoms with Crippen LogP contribution in [0.15, 0.2) is 18.2 Å². The molecule has 0 aromatic heterocycles. The molecule has 1 aromatic rings. The molecule has 9 heteroatoms. The highest BCUT2D eigenvalue weighted by Crippen LogP contribution is 2.32. The topological polar surface area (TPSA) is 49.4 Å². The molecular weight excluding hydrogens is 336 g/mol. The summed E-state index contributed by atoms with van der Waals surface area (Å²) in [6, 6.07) is 1.84. The first-order chi connectivity index (χ1) is 10.5. The van der Waals surface area contributed by atoms with Crippen molar-refractivity contribution in [3.05, 3.63) is 29.6 Å². The average molecular weight is 352 g/mol. The van der Waals surface area contributed by atoms with Crippen molar-refractivity contribution in [3.63, 3.8) is 0 Å². The van der Waals surface area contributed by atoms with Crippen LogP contribution in [0.1, 0.15) is 25.8 Å². The predicted octanol–water partition coefficient (Wildman–Crippen LogP) is 2.93. The monoisotopic (exact) mass is 352 g/mol. The summed E-state index contributed by atoms with van der Waals surface area (Å²) in [5.74, 6) is -1.92. The van der Waals surface area contributed by atoms with E-state index in [0.717, 1.165) is 12.5 Å². The lowest BCUT2D eigenvalue weighted by Crippen LogP contribution is -2.51. The van der Waals surface area contributed by atoms with Gasteiger partial charge in [0.2, 0.25) is 5.91 Å². The van der Waals surface area contributed by atoms with E-state index in [2.05, 4.69) is 5.32 Å². The van der Waals surface area contributed by atoms with E-state index < -0.39 is 39.2 Å². The zero-order valence-electron chi connectivity index (χ0n) is 12.5. The van der Waals surface area contributed by atoms with Gasteiger partial charge in [0, 0.05) is 13.1 Å². The molecule has 2 rings (SSSR count). The third kappa shape index (κ3) is 3.72. The molecule has 1 N–H and O–H groups in total. The number of hydrogen-bond acceptors (Lipinski definition) is 2. The Morgan fingerprint density at radius 3 is 2.30 bits per heavy atom. The summed E-state index contributed by atoms with van der Waals surface area (Å²) in [5.41, 5.74) is -1.52. The Balaban J connectivity index is 2.15. The van der Waals surface area contributed by atoms with Crippen LogP contribution in [-0.2, 0) is 22.0 Å². The Morgan fingerprint density at radius 1 is 1.26 bits per heavy atom. The van der Waals surface area contributed by atoms with Gasteiger partial charge in [-0.3, -0.25) is 4.79 Å². The van der Waals surface area contributed by atoms with Gasteiger partial charge >= 0.3 is 6.18 Å². The summed E-state index contributed by atoms with van der Waals surface area (Å²) in [6.07, 6.45) is -3.78. The largest absolute Gasteiger partial charge is 0.416 e. The van der Waals surface area contributed by atoms with Crippen LogP contribution < -0.4 is 5.32 Å². The molecule has 0 bridgehead atoms. The normalized spacial score (nSPS) is 17.5. The van der Waals surface area contributed by atoms with Gasteiger partial charge in [-0.15, -0.1) is 0 Å². The highest BCUT2D eigenvalue weighted by molar-refractivity contribution is 7.85. The van der Waals surface area contributed by atoms with Gasteiger partial charge in [-0.1, -0.05) is 0 Å². The van der Waals surface area contributed by atoms with E-state index in [1.54, 1.807) is 4.31 Å². The average Bonchev–Trinajstić information content (AvgIpc) is 2.37. The number of carbonyl (C=O) groups excluding carboxylic acids is 1. The Morgan fingerprint density at radius 2 is 1.87 bits per heavy atom. The molecule has 23 heavy (non-hydrogen) atoms. The van der Waals surface area contributed by atoms with E-state index in [9.17, 15) is 26.6 Å². The first-order valence-electron chi connectivity index (χ1n) is 6.88. The van der Waals surface area contributed by atoms with Gasteiger partial charge in [0.05, 0.1) is 11.3 Å². The summed E-state index contributed by atoms with van der Waals surface area (Å²) in [7, 11) is -1.60. The molecule has 0 spiro atoms. The lowest BCUT2D eigenvalue weighted by Gasteiger charge is -2.35. The fourth-order valence-electron chi connectivity index (χ4n) is 1.92. The fraction of sp³-hybridized carbons (Fsp3) is 0.500. The van der Waals surface area contributed by atoms with Crippen molar-refractivity contribution in [1.82, 2.24) is 4.31 Å². The molecule has 1 atom stereocenters. The molecule has 128 valence electrons. The Bertz CT molecular complexity index is 642. The first kappa shape index (κ1) is 17.9. The molecule has 1 fully saturated rings. The number of hydrogen-bond donors (Lipinski definition) is 1. The number of anilines is 1. The summed E-state index contributed by atoms with van der Waals surface area (Å²) >= 11 is 0. The Labute approximate surface area is 133 Å². The molecular formula is C14H16F4N2O2S. The van der Waals surface area contributed by atoms with E-state index in [0.29, 0.717) is 25.2 Å². The van der Waals surface area contributed by atoms with Gasteiger partial charge in [-0.2, -0.15) is 13.2 Å². The van der Waals surface area contributed by atoms with Crippen molar-refractivity contribution in [1.29, 1.82) is 0 Å². The van der Waals surface area contributed by atoms with Crippen molar-refractivity contribution < 1.29 is 26.6 Å². The van der Waals surface area contributed by atoms with Gasteiger partial charge in [0.15, 0.2) is 0 Å². The van der Waals surface area contributed by atoms with Crippen LogP contribution in [-0.4, -0.2) is 32.3 Å². The van der Waals surface area contributed by atoms with Gasteiger partial charge in [-0.25, -0.2) is 12.9 Å². The number of rotatable bonds is 4. The SMILES string of the molecule is CC(C)(C(=O)Nc1ccc(C(F)(F)F)cc1F)S(=O)N1CCC1. The zero-order valence-corrected chi connectivity index (χ0v) is 13.4. The van der Waals surface area contributed by atoms with E-state index in [1.807, 2.05) is 0 Å². The minimum absolute atomic E-state index is 0.314. The number of benzene rings is 1. The summed E-state index contributed by atoms with van der Waals surface area (Å²) < 4.78 is 63.8. The van der Waals surface area contributed by atoms with Gasteiger partial charge < -0.3 is 5.32 Å². The maximum atomic E-state index is 13.8. The van der Waals surface area contributed by atoms with Gasteiger partial charge in [-0.05, 0) is 38.5 Å². The Hall–Kier alpha value is -1.48. The van der Waals surface area contributed by atoms with Crippen LogP contribution in [0.4, 0.5) is 23.2 Å². The smallest absolute Gasteiger partial charge is 0.322 e. The van der Waals surface area contributed by atoms with E-state index in [1.165, 1.54) is 13.8 Å². The maximum absolute atomic E-state index is 13.8. The van der Waals surface area contributed by atoms with E-state index in [-0.39, 0.29) is 5.69 Å². The lowest BCUT2D eigenvalue weighted by atomic mass is 10.1. The number of nitrogens with one attached hydrogen (secondary N) is 1. The lowest BCUT2D eigenvalue weighted by molar-refractivity contribution is -0.137. The number of carbonyl (C=O) groups is 1. The molecule has 0 radical (unpaired) electrons. The molecule has 1 aromatic carbocycles. The van der Waals surface area contributed by atoms with Crippen LogP contribution in [0.25, 0.3) is 0 Å². The first-order valence-corrected chi connectivity index (χ1v) is 7.99. The summed E-state index contributed by atoms with van der Waals surface area (Å²) in [6.45, 7) is 4.10. The van der Waals surface area contributed by atoms with Gasteiger partial charge in [0.1, 0.15) is 21.5 Å². The molecule has 1 aliphatic heterocycles. The zero-order chi connectivity index (χ0) is 17.4. The molecule has 1 unspecified atom stereocenters. The van der Waals surface area contributed by atoms with Crippen LogP contribution >= 0.6 is 0 Å². The van der Waals surface area contributed by atoms with Crippen LogP contribution in [0.2, 0.25) is 0 Å². The third-order valence-corrected chi connectivity index (χ3v) is 5.47. The fourth-order valence-corrected chi connectivity index (χ4v) is 3.37. The maximum Gasteiger partial charge on any atom is 0.416 e. The third-order valence-electron chi connectivity index (χ3n) is 3.58. The van der Waals surface area contributed by atoms with Crippen molar-refractivity contribution in [2.24, 2.45) is 0 Å². The molecule has 1 heterocycles. The molecule has 1 amide bonds. The molecule has 4 nitrogen and oxygen atoms in total. The number of alkyl halides is 3. The second-order valence-corrected chi connectivity index (χ2v) is 7.72. The molecule has 1 aliphatic rings. The van der Waals surface area contributed by atoms with Crippen LogP contribution in [0.5, 0.6) is 0 Å². The highest BCUT2D eigenvalue weighted by atomic mass is 32.2. The summed E-state index contributed by atoms with van der Waals surface area (Å²) in [4.78, 5) is 12.2. The van der Waals surface area contributed by atoms with Crippen LogP contribution in [0.3, 0.4) is 0 Å².